The number of amides is 1. The Hall–Kier alpha value is -2.30. The highest BCUT2D eigenvalue weighted by Crippen LogP contribution is 2.16. The minimum atomic E-state index is -0.618. The van der Waals surface area contributed by atoms with Gasteiger partial charge in [0.2, 0.25) is 0 Å². The quantitative estimate of drug-likeness (QED) is 0.922. The molecule has 0 saturated heterocycles. The lowest BCUT2D eigenvalue weighted by atomic mass is 10.2. The number of furan rings is 1. The van der Waals surface area contributed by atoms with Crippen LogP contribution in [-0.2, 0) is 6.54 Å². The zero-order valence-corrected chi connectivity index (χ0v) is 10.7. The van der Waals surface area contributed by atoms with Crippen molar-refractivity contribution >= 4 is 5.91 Å². The summed E-state index contributed by atoms with van der Waals surface area (Å²) >= 11 is 0. The number of ether oxygens (including phenoxy) is 1. The van der Waals surface area contributed by atoms with Crippen LogP contribution < -0.4 is 10.1 Å². The molecule has 2 rings (SSSR count). The minimum Gasteiger partial charge on any atom is -0.497 e. The molecule has 4 nitrogen and oxygen atoms in total. The summed E-state index contributed by atoms with van der Waals surface area (Å²) in [5, 5.41) is 2.59. The monoisotopic (exact) mass is 263 g/mol. The third-order valence-electron chi connectivity index (χ3n) is 2.64. The lowest BCUT2D eigenvalue weighted by molar-refractivity contribution is 0.0944. The average Bonchev–Trinajstić information content (AvgIpc) is 2.81. The molecular formula is C14H14FNO3. The van der Waals surface area contributed by atoms with Crippen LogP contribution >= 0.6 is 0 Å². The summed E-state index contributed by atoms with van der Waals surface area (Å²) in [7, 11) is 1.44. The highest BCUT2D eigenvalue weighted by Gasteiger charge is 2.12. The molecule has 1 amide bonds. The number of hydrogen-bond acceptors (Lipinski definition) is 3. The van der Waals surface area contributed by atoms with Gasteiger partial charge in [-0.2, -0.15) is 0 Å². The Balaban J connectivity index is 2.03. The maximum Gasteiger partial charge on any atom is 0.254 e. The molecule has 2 aromatic rings. The maximum atomic E-state index is 13.7. The first-order valence-corrected chi connectivity index (χ1v) is 5.77. The van der Waals surface area contributed by atoms with Crippen molar-refractivity contribution in [3.63, 3.8) is 0 Å². The average molecular weight is 263 g/mol. The Bertz CT molecular complexity index is 592. The van der Waals surface area contributed by atoms with Crippen molar-refractivity contribution in [3.05, 3.63) is 53.2 Å². The number of rotatable bonds is 4. The van der Waals surface area contributed by atoms with Crippen LogP contribution in [0.2, 0.25) is 0 Å². The minimum absolute atomic E-state index is 0.0240. The van der Waals surface area contributed by atoms with Gasteiger partial charge in [0.15, 0.2) is 0 Å². The Morgan fingerprint density at radius 1 is 1.37 bits per heavy atom. The smallest absolute Gasteiger partial charge is 0.254 e. The van der Waals surface area contributed by atoms with Crippen molar-refractivity contribution in [2.75, 3.05) is 7.11 Å². The largest absolute Gasteiger partial charge is 0.497 e. The molecule has 1 aromatic carbocycles. The molecule has 0 radical (unpaired) electrons. The summed E-state index contributed by atoms with van der Waals surface area (Å²) in [4.78, 5) is 11.8. The third-order valence-corrected chi connectivity index (χ3v) is 2.64. The van der Waals surface area contributed by atoms with E-state index in [-0.39, 0.29) is 12.1 Å². The summed E-state index contributed by atoms with van der Waals surface area (Å²) in [5.41, 5.74) is -0.0240. The summed E-state index contributed by atoms with van der Waals surface area (Å²) in [6, 6.07) is 7.66. The molecule has 0 unspecified atom stereocenters. The lowest BCUT2D eigenvalue weighted by Crippen LogP contribution is -2.23. The van der Waals surface area contributed by atoms with Gasteiger partial charge in [-0.15, -0.1) is 0 Å². The van der Waals surface area contributed by atoms with Crippen LogP contribution in [0, 0.1) is 12.7 Å². The fourth-order valence-electron chi connectivity index (χ4n) is 1.65. The Morgan fingerprint density at radius 2 is 2.16 bits per heavy atom. The number of methoxy groups -OCH3 is 1. The van der Waals surface area contributed by atoms with Gasteiger partial charge < -0.3 is 14.5 Å². The number of carbonyl (C=O) groups excluding carboxylic acids is 1. The zero-order chi connectivity index (χ0) is 13.8. The van der Waals surface area contributed by atoms with Crippen molar-refractivity contribution in [1.29, 1.82) is 0 Å². The first kappa shape index (κ1) is 13.1. The van der Waals surface area contributed by atoms with E-state index in [0.717, 1.165) is 5.76 Å². The molecule has 0 atom stereocenters. The number of benzene rings is 1. The van der Waals surface area contributed by atoms with Crippen molar-refractivity contribution in [2.45, 2.75) is 13.5 Å². The van der Waals surface area contributed by atoms with Crippen molar-refractivity contribution in [2.24, 2.45) is 0 Å². The molecule has 0 bridgehead atoms. The number of nitrogens with one attached hydrogen (secondary N) is 1. The molecule has 0 aliphatic heterocycles. The van der Waals surface area contributed by atoms with E-state index in [4.69, 9.17) is 9.15 Å². The second-order valence-electron chi connectivity index (χ2n) is 4.04. The highest BCUT2D eigenvalue weighted by atomic mass is 19.1. The van der Waals surface area contributed by atoms with E-state index < -0.39 is 11.7 Å². The molecule has 100 valence electrons. The Kier molecular flexibility index (Phi) is 3.85. The SMILES string of the molecule is COc1ccc(C(=O)NCc2ccc(C)o2)c(F)c1. The van der Waals surface area contributed by atoms with Crippen LogP contribution in [0.15, 0.2) is 34.7 Å². The standard InChI is InChI=1S/C14H14FNO3/c1-9-3-4-11(19-9)8-16-14(17)12-6-5-10(18-2)7-13(12)15/h3-7H,8H2,1-2H3,(H,16,17). The van der Waals surface area contributed by atoms with Crippen molar-refractivity contribution in [1.82, 2.24) is 5.32 Å². The van der Waals surface area contributed by atoms with Crippen LogP contribution in [-0.4, -0.2) is 13.0 Å². The maximum absolute atomic E-state index is 13.7. The van der Waals surface area contributed by atoms with E-state index in [1.54, 1.807) is 12.1 Å². The number of carbonyl (C=O) groups is 1. The van der Waals surface area contributed by atoms with Gasteiger partial charge in [-0.3, -0.25) is 4.79 Å². The fourth-order valence-corrected chi connectivity index (χ4v) is 1.65. The molecule has 1 N–H and O–H groups in total. The van der Waals surface area contributed by atoms with Crippen LogP contribution in [0.4, 0.5) is 4.39 Å². The molecule has 0 aliphatic rings. The normalized spacial score (nSPS) is 10.3. The predicted octanol–water partition coefficient (Wildman–Crippen LogP) is 2.67. The molecule has 0 spiro atoms. The molecule has 0 fully saturated rings. The van der Waals surface area contributed by atoms with E-state index in [2.05, 4.69) is 5.32 Å². The van der Waals surface area contributed by atoms with Crippen LogP contribution in [0.5, 0.6) is 5.75 Å². The Labute approximate surface area is 110 Å². The van der Waals surface area contributed by atoms with E-state index in [1.807, 2.05) is 6.92 Å². The zero-order valence-electron chi connectivity index (χ0n) is 10.7. The van der Waals surface area contributed by atoms with Crippen LogP contribution in [0.3, 0.4) is 0 Å². The predicted molar refractivity (Wildman–Crippen MR) is 67.6 cm³/mol. The van der Waals surface area contributed by atoms with Gasteiger partial charge in [-0.25, -0.2) is 4.39 Å². The third kappa shape index (κ3) is 3.13. The number of aryl methyl sites for hydroxylation is 1. The van der Waals surface area contributed by atoms with E-state index >= 15 is 0 Å². The van der Waals surface area contributed by atoms with Crippen molar-refractivity contribution < 1.29 is 18.3 Å². The molecule has 1 aromatic heterocycles. The van der Waals surface area contributed by atoms with E-state index in [9.17, 15) is 9.18 Å². The number of hydrogen-bond donors (Lipinski definition) is 1. The molecule has 0 aliphatic carbocycles. The van der Waals surface area contributed by atoms with E-state index in [1.165, 1.54) is 25.3 Å². The Morgan fingerprint density at radius 3 is 2.74 bits per heavy atom. The van der Waals surface area contributed by atoms with E-state index in [0.29, 0.717) is 11.5 Å². The fraction of sp³-hybridized carbons (Fsp3) is 0.214. The van der Waals surface area contributed by atoms with Crippen LogP contribution in [0.1, 0.15) is 21.9 Å². The molecule has 1 heterocycles. The van der Waals surface area contributed by atoms with Gasteiger partial charge in [0.05, 0.1) is 19.2 Å². The van der Waals surface area contributed by atoms with Crippen LogP contribution in [0.25, 0.3) is 0 Å². The van der Waals surface area contributed by atoms with Gasteiger partial charge in [0.1, 0.15) is 23.1 Å². The van der Waals surface area contributed by atoms with Gasteiger partial charge in [0.25, 0.3) is 5.91 Å². The van der Waals surface area contributed by atoms with Gasteiger partial charge in [-0.1, -0.05) is 0 Å². The number of halogens is 1. The first-order chi connectivity index (χ1) is 9.10. The summed E-state index contributed by atoms with van der Waals surface area (Å²) < 4.78 is 23.8. The molecule has 5 heteroatoms. The van der Waals surface area contributed by atoms with Gasteiger partial charge in [0, 0.05) is 6.07 Å². The highest BCUT2D eigenvalue weighted by molar-refractivity contribution is 5.94. The molecular weight excluding hydrogens is 249 g/mol. The lowest BCUT2D eigenvalue weighted by Gasteiger charge is -2.06. The topological polar surface area (TPSA) is 51.5 Å². The molecule has 0 saturated carbocycles. The first-order valence-electron chi connectivity index (χ1n) is 5.77. The second kappa shape index (κ2) is 5.56. The van der Waals surface area contributed by atoms with Gasteiger partial charge >= 0.3 is 0 Å². The second-order valence-corrected chi connectivity index (χ2v) is 4.04. The summed E-state index contributed by atoms with van der Waals surface area (Å²) in [5.74, 6) is 0.650. The van der Waals surface area contributed by atoms with Gasteiger partial charge in [-0.05, 0) is 31.2 Å². The summed E-state index contributed by atoms with van der Waals surface area (Å²) in [6.45, 7) is 2.03. The van der Waals surface area contributed by atoms with Crippen molar-refractivity contribution in [3.8, 4) is 5.75 Å². The summed E-state index contributed by atoms with van der Waals surface area (Å²) in [6.07, 6.45) is 0. The molecule has 19 heavy (non-hydrogen) atoms.